The molecule has 0 bridgehead atoms. The normalized spacial score (nSPS) is 13.1. The Balaban J connectivity index is 2.60. The fourth-order valence-electron chi connectivity index (χ4n) is 1.44. The fourth-order valence-corrected chi connectivity index (χ4v) is 2.23. The molecular weight excluding hydrogens is 266 g/mol. The van der Waals surface area contributed by atoms with Crippen molar-refractivity contribution >= 4 is 23.4 Å². The summed E-state index contributed by atoms with van der Waals surface area (Å²) in [7, 11) is 0. The topological polar surface area (TPSA) is 92.2 Å². The molecule has 1 unspecified atom stereocenters. The number of carboxylic acid groups (broad SMARTS) is 1. The molecule has 1 rings (SSSR count). The minimum absolute atomic E-state index is 0.238. The van der Waals surface area contributed by atoms with Crippen molar-refractivity contribution in [1.82, 2.24) is 14.9 Å². The molecule has 0 aliphatic carbocycles. The lowest BCUT2D eigenvalue weighted by Crippen LogP contribution is -2.28. The van der Waals surface area contributed by atoms with Crippen LogP contribution >= 0.6 is 11.5 Å². The van der Waals surface area contributed by atoms with Crippen molar-refractivity contribution in [3.63, 3.8) is 0 Å². The van der Waals surface area contributed by atoms with E-state index in [0.717, 1.165) is 11.5 Å². The molecule has 6 nitrogen and oxygen atoms in total. The quantitative estimate of drug-likeness (QED) is 0.858. The Morgan fingerprint density at radius 3 is 2.58 bits per heavy atom. The summed E-state index contributed by atoms with van der Waals surface area (Å²) in [5.74, 6) is -1.57. The van der Waals surface area contributed by atoms with Crippen LogP contribution in [0.1, 0.15) is 49.5 Å². The molecule has 1 atom stereocenters. The molecule has 1 aromatic heterocycles. The molecule has 1 amide bonds. The molecule has 7 heteroatoms. The lowest BCUT2D eigenvalue weighted by atomic mass is 9.91. The molecule has 0 aliphatic rings. The van der Waals surface area contributed by atoms with Gasteiger partial charge in [0.1, 0.15) is 4.88 Å². The molecule has 0 saturated carbocycles. The molecule has 106 valence electrons. The summed E-state index contributed by atoms with van der Waals surface area (Å²) in [6.07, 6.45) is 0.401. The third kappa shape index (κ3) is 4.27. The average molecular weight is 285 g/mol. The van der Waals surface area contributed by atoms with Gasteiger partial charge in [-0.25, -0.2) is 0 Å². The van der Waals surface area contributed by atoms with Crippen LogP contribution < -0.4 is 5.32 Å². The maximum atomic E-state index is 12.0. The number of nitrogens with zero attached hydrogens (tertiary/aromatic N) is 2. The molecular formula is C12H19N3O3S. The van der Waals surface area contributed by atoms with E-state index in [1.807, 2.05) is 20.8 Å². The van der Waals surface area contributed by atoms with Gasteiger partial charge in [-0.2, -0.15) is 0 Å². The second kappa shape index (κ2) is 6.10. The second-order valence-corrected chi connectivity index (χ2v) is 6.24. The highest BCUT2D eigenvalue weighted by molar-refractivity contribution is 7.08. The van der Waals surface area contributed by atoms with Crippen LogP contribution in [0.3, 0.4) is 0 Å². The van der Waals surface area contributed by atoms with E-state index in [4.69, 9.17) is 5.11 Å². The first-order valence-corrected chi connectivity index (χ1v) is 6.84. The van der Waals surface area contributed by atoms with Gasteiger partial charge in [-0.05, 0) is 18.0 Å². The first-order valence-electron chi connectivity index (χ1n) is 6.07. The molecule has 2 N–H and O–H groups in total. The lowest BCUT2D eigenvalue weighted by Gasteiger charge is -2.16. The molecule has 0 aromatic carbocycles. The largest absolute Gasteiger partial charge is 0.481 e. The van der Waals surface area contributed by atoms with Gasteiger partial charge in [-0.1, -0.05) is 32.2 Å². The monoisotopic (exact) mass is 285 g/mol. The highest BCUT2D eigenvalue weighted by atomic mass is 32.1. The van der Waals surface area contributed by atoms with E-state index in [0.29, 0.717) is 23.5 Å². The summed E-state index contributed by atoms with van der Waals surface area (Å²) < 4.78 is 3.82. The van der Waals surface area contributed by atoms with E-state index in [-0.39, 0.29) is 11.3 Å². The van der Waals surface area contributed by atoms with Crippen LogP contribution in [0.5, 0.6) is 0 Å². The van der Waals surface area contributed by atoms with Crippen molar-refractivity contribution in [2.24, 2.45) is 5.92 Å². The Morgan fingerprint density at radius 1 is 1.42 bits per heavy atom. The van der Waals surface area contributed by atoms with Gasteiger partial charge in [0.05, 0.1) is 11.6 Å². The molecule has 1 heterocycles. The summed E-state index contributed by atoms with van der Waals surface area (Å²) in [5, 5.41) is 15.5. The summed E-state index contributed by atoms with van der Waals surface area (Å²) in [6.45, 7) is 7.84. The zero-order chi connectivity index (χ0) is 14.6. The maximum absolute atomic E-state index is 12.0. The fraction of sp³-hybridized carbons (Fsp3) is 0.667. The molecule has 0 saturated heterocycles. The minimum Gasteiger partial charge on any atom is -0.481 e. The minimum atomic E-state index is -0.857. The standard InChI is InChI=1S/C12H19N3O3S/c1-7(11(17)18)5-6-13-10(16)8-9(12(2,3)4)14-15-19-8/h7H,5-6H2,1-4H3,(H,13,16)(H,17,18). The number of carbonyl (C=O) groups excluding carboxylic acids is 1. The number of aromatic nitrogens is 2. The van der Waals surface area contributed by atoms with Gasteiger partial charge in [0.15, 0.2) is 0 Å². The van der Waals surface area contributed by atoms with E-state index < -0.39 is 11.9 Å². The number of carboxylic acids is 1. The molecule has 0 aliphatic heterocycles. The number of aliphatic carboxylic acids is 1. The van der Waals surface area contributed by atoms with Crippen LogP contribution in [0.2, 0.25) is 0 Å². The van der Waals surface area contributed by atoms with Crippen LogP contribution in [0.25, 0.3) is 0 Å². The predicted octanol–water partition coefficient (Wildman–Crippen LogP) is 1.68. The Bertz CT molecular complexity index is 465. The molecule has 1 aromatic rings. The van der Waals surface area contributed by atoms with Crippen LogP contribution in [0.4, 0.5) is 0 Å². The zero-order valence-corrected chi connectivity index (χ0v) is 12.4. The summed E-state index contributed by atoms with van der Waals surface area (Å²) in [5.41, 5.74) is 0.426. The van der Waals surface area contributed by atoms with Gasteiger partial charge in [-0.3, -0.25) is 9.59 Å². The van der Waals surface area contributed by atoms with Gasteiger partial charge in [-0.15, -0.1) is 5.10 Å². The van der Waals surface area contributed by atoms with Crippen LogP contribution in [-0.2, 0) is 10.2 Å². The molecule has 0 fully saturated rings. The summed E-state index contributed by atoms with van der Waals surface area (Å²) in [6, 6.07) is 0. The molecule has 0 radical (unpaired) electrons. The Kier molecular flexibility index (Phi) is 4.99. The highest BCUT2D eigenvalue weighted by Crippen LogP contribution is 2.25. The second-order valence-electron chi connectivity index (χ2n) is 5.48. The summed E-state index contributed by atoms with van der Waals surface area (Å²) >= 11 is 1.06. The highest BCUT2D eigenvalue weighted by Gasteiger charge is 2.26. The molecule has 0 spiro atoms. The van der Waals surface area contributed by atoms with E-state index in [1.165, 1.54) is 0 Å². The third-order valence-electron chi connectivity index (χ3n) is 2.69. The Hall–Kier alpha value is -1.50. The molecule has 19 heavy (non-hydrogen) atoms. The number of rotatable bonds is 5. The van der Waals surface area contributed by atoms with E-state index >= 15 is 0 Å². The number of carbonyl (C=O) groups is 2. The Morgan fingerprint density at radius 2 is 2.05 bits per heavy atom. The first-order chi connectivity index (χ1) is 8.73. The number of hydrogen-bond acceptors (Lipinski definition) is 5. The van der Waals surface area contributed by atoms with Crippen LogP contribution in [0, 0.1) is 5.92 Å². The summed E-state index contributed by atoms with van der Waals surface area (Å²) in [4.78, 5) is 23.2. The lowest BCUT2D eigenvalue weighted by molar-refractivity contribution is -0.141. The number of amides is 1. The smallest absolute Gasteiger partial charge is 0.306 e. The van der Waals surface area contributed by atoms with E-state index in [1.54, 1.807) is 6.92 Å². The van der Waals surface area contributed by atoms with Gasteiger partial charge in [0.25, 0.3) is 5.91 Å². The Labute approximate surface area is 116 Å². The van der Waals surface area contributed by atoms with Gasteiger partial charge < -0.3 is 10.4 Å². The van der Waals surface area contributed by atoms with Gasteiger partial charge in [0, 0.05) is 12.0 Å². The SMILES string of the molecule is CC(CCNC(=O)c1snnc1C(C)(C)C)C(=O)O. The maximum Gasteiger partial charge on any atom is 0.306 e. The van der Waals surface area contributed by atoms with Crippen molar-refractivity contribution in [3.8, 4) is 0 Å². The predicted molar refractivity (Wildman–Crippen MR) is 72.4 cm³/mol. The number of nitrogens with one attached hydrogen (secondary N) is 1. The van der Waals surface area contributed by atoms with Crippen molar-refractivity contribution < 1.29 is 14.7 Å². The van der Waals surface area contributed by atoms with E-state index in [2.05, 4.69) is 14.9 Å². The zero-order valence-electron chi connectivity index (χ0n) is 11.6. The van der Waals surface area contributed by atoms with Gasteiger partial charge in [0.2, 0.25) is 0 Å². The number of hydrogen-bond donors (Lipinski definition) is 2. The van der Waals surface area contributed by atoms with Crippen molar-refractivity contribution in [2.45, 2.75) is 39.5 Å². The van der Waals surface area contributed by atoms with E-state index in [9.17, 15) is 9.59 Å². The van der Waals surface area contributed by atoms with Crippen LogP contribution in [0.15, 0.2) is 0 Å². The van der Waals surface area contributed by atoms with Crippen molar-refractivity contribution in [1.29, 1.82) is 0 Å². The average Bonchev–Trinajstić information content (AvgIpc) is 2.76. The van der Waals surface area contributed by atoms with Crippen molar-refractivity contribution in [2.75, 3.05) is 6.54 Å². The van der Waals surface area contributed by atoms with Crippen LogP contribution in [-0.4, -0.2) is 33.1 Å². The third-order valence-corrected chi connectivity index (χ3v) is 3.41. The first kappa shape index (κ1) is 15.6. The van der Waals surface area contributed by atoms with Crippen molar-refractivity contribution in [3.05, 3.63) is 10.6 Å². The van der Waals surface area contributed by atoms with Gasteiger partial charge >= 0.3 is 5.97 Å².